The fourth-order valence-electron chi connectivity index (χ4n) is 3.04. The van der Waals surface area contributed by atoms with Crippen LogP contribution >= 0.6 is 0 Å². The predicted octanol–water partition coefficient (Wildman–Crippen LogP) is 3.39. The second-order valence-corrected chi connectivity index (χ2v) is 5.91. The Hall–Kier alpha value is -2.53. The quantitative estimate of drug-likeness (QED) is 0.781. The molecule has 0 fully saturated rings. The zero-order valence-electron chi connectivity index (χ0n) is 14.5. The molecular weight excluding hydrogens is 302 g/mol. The first-order valence-electron chi connectivity index (χ1n) is 8.01. The molecule has 0 radical (unpaired) electrons. The van der Waals surface area contributed by atoms with Crippen LogP contribution in [0.1, 0.15) is 24.2 Å². The smallest absolute Gasteiger partial charge is 0.137 e. The van der Waals surface area contributed by atoms with E-state index in [9.17, 15) is 0 Å². The number of hydrogen-bond acceptors (Lipinski definition) is 4. The van der Waals surface area contributed by atoms with Crippen LogP contribution in [0.15, 0.2) is 36.4 Å². The van der Waals surface area contributed by atoms with Gasteiger partial charge in [0.05, 0.1) is 25.6 Å². The molecule has 0 saturated heterocycles. The van der Waals surface area contributed by atoms with Gasteiger partial charge in [-0.15, -0.1) is 0 Å². The molecule has 0 aliphatic heterocycles. The monoisotopic (exact) mass is 325 g/mol. The molecule has 0 bridgehead atoms. The minimum absolute atomic E-state index is 0.159. The van der Waals surface area contributed by atoms with Gasteiger partial charge in [0.1, 0.15) is 17.1 Å². The van der Waals surface area contributed by atoms with Crippen LogP contribution in [0, 0.1) is 6.92 Å². The Balaban J connectivity index is 2.36. The highest BCUT2D eigenvalue weighted by atomic mass is 16.5. The third-order valence-corrected chi connectivity index (χ3v) is 4.36. The summed E-state index contributed by atoms with van der Waals surface area (Å²) in [5, 5.41) is 0. The number of fused-ring (bicyclic) bond motifs is 1. The summed E-state index contributed by atoms with van der Waals surface area (Å²) in [6, 6.07) is 11.9. The molecule has 1 atom stereocenters. The molecule has 2 aromatic heterocycles. The SMILES string of the molecule is COc1ccc(OC)c(-c2nc3cccc(C)n3c2C(C)CN)c1. The van der Waals surface area contributed by atoms with Crippen LogP contribution in [0.5, 0.6) is 11.5 Å². The molecule has 0 aliphatic rings. The van der Waals surface area contributed by atoms with Gasteiger partial charge in [-0.3, -0.25) is 0 Å². The molecule has 126 valence electrons. The topological polar surface area (TPSA) is 61.8 Å². The number of imidazole rings is 1. The Labute approximate surface area is 142 Å². The molecule has 3 rings (SSSR count). The van der Waals surface area contributed by atoms with E-state index in [2.05, 4.69) is 24.3 Å². The maximum absolute atomic E-state index is 5.98. The lowest BCUT2D eigenvalue weighted by atomic mass is 10.0. The van der Waals surface area contributed by atoms with Gasteiger partial charge in [-0.25, -0.2) is 4.98 Å². The average molecular weight is 325 g/mol. The lowest BCUT2D eigenvalue weighted by Gasteiger charge is -2.15. The summed E-state index contributed by atoms with van der Waals surface area (Å²) in [6.45, 7) is 4.74. The van der Waals surface area contributed by atoms with E-state index in [-0.39, 0.29) is 5.92 Å². The number of aromatic nitrogens is 2. The van der Waals surface area contributed by atoms with Gasteiger partial charge in [0, 0.05) is 23.7 Å². The molecule has 0 amide bonds. The van der Waals surface area contributed by atoms with Crippen LogP contribution in [-0.4, -0.2) is 30.1 Å². The van der Waals surface area contributed by atoms with Gasteiger partial charge >= 0.3 is 0 Å². The summed E-state index contributed by atoms with van der Waals surface area (Å²) in [5.41, 5.74) is 10.9. The molecular formula is C19H23N3O2. The minimum atomic E-state index is 0.159. The van der Waals surface area contributed by atoms with Gasteiger partial charge in [-0.05, 0) is 37.3 Å². The lowest BCUT2D eigenvalue weighted by molar-refractivity contribution is 0.404. The number of pyridine rings is 1. The molecule has 0 aliphatic carbocycles. The first-order valence-corrected chi connectivity index (χ1v) is 8.01. The van der Waals surface area contributed by atoms with Gasteiger partial charge in [0.25, 0.3) is 0 Å². The van der Waals surface area contributed by atoms with Gasteiger partial charge < -0.3 is 19.6 Å². The third kappa shape index (κ3) is 2.61. The Kier molecular flexibility index (Phi) is 4.44. The molecule has 24 heavy (non-hydrogen) atoms. The third-order valence-electron chi connectivity index (χ3n) is 4.36. The molecule has 1 unspecified atom stereocenters. The first-order chi connectivity index (χ1) is 11.6. The van der Waals surface area contributed by atoms with Crippen molar-refractivity contribution in [3.8, 4) is 22.8 Å². The summed E-state index contributed by atoms with van der Waals surface area (Å²) >= 11 is 0. The number of ether oxygens (including phenoxy) is 2. The van der Waals surface area contributed by atoms with E-state index in [1.807, 2.05) is 30.3 Å². The van der Waals surface area contributed by atoms with E-state index < -0.39 is 0 Å². The summed E-state index contributed by atoms with van der Waals surface area (Å²) in [6.07, 6.45) is 0. The Morgan fingerprint density at radius 3 is 2.62 bits per heavy atom. The number of nitrogens with zero attached hydrogens (tertiary/aromatic N) is 2. The van der Waals surface area contributed by atoms with E-state index in [1.54, 1.807) is 14.2 Å². The first kappa shape index (κ1) is 16.3. The summed E-state index contributed by atoms with van der Waals surface area (Å²) in [5.74, 6) is 1.69. The number of benzene rings is 1. The summed E-state index contributed by atoms with van der Waals surface area (Å²) in [7, 11) is 3.32. The van der Waals surface area contributed by atoms with Gasteiger partial charge in [-0.1, -0.05) is 13.0 Å². The zero-order valence-corrected chi connectivity index (χ0v) is 14.5. The van der Waals surface area contributed by atoms with E-state index >= 15 is 0 Å². The number of aryl methyl sites for hydroxylation is 1. The standard InChI is InChI=1S/C19H23N3O2/c1-12(11-20)19-18(21-17-7-5-6-13(2)22(17)19)15-10-14(23-3)8-9-16(15)24-4/h5-10,12H,11,20H2,1-4H3. The van der Waals surface area contributed by atoms with Crippen LogP contribution in [0.2, 0.25) is 0 Å². The van der Waals surface area contributed by atoms with Crippen molar-refractivity contribution in [2.24, 2.45) is 5.73 Å². The van der Waals surface area contributed by atoms with Crippen LogP contribution in [0.25, 0.3) is 16.9 Å². The number of hydrogen-bond donors (Lipinski definition) is 1. The largest absolute Gasteiger partial charge is 0.497 e. The van der Waals surface area contributed by atoms with Gasteiger partial charge in [-0.2, -0.15) is 0 Å². The van der Waals surface area contributed by atoms with E-state index in [4.69, 9.17) is 20.2 Å². The van der Waals surface area contributed by atoms with Crippen molar-refractivity contribution >= 4 is 5.65 Å². The normalized spacial score (nSPS) is 12.4. The Bertz CT molecular complexity index is 870. The number of rotatable bonds is 5. The molecule has 2 N–H and O–H groups in total. The van der Waals surface area contributed by atoms with Gasteiger partial charge in [0.2, 0.25) is 0 Å². The molecule has 3 aromatic rings. The molecule has 5 nitrogen and oxygen atoms in total. The Morgan fingerprint density at radius 2 is 1.96 bits per heavy atom. The van der Waals surface area contributed by atoms with Crippen molar-refractivity contribution < 1.29 is 9.47 Å². The van der Waals surface area contributed by atoms with Crippen molar-refractivity contribution in [3.05, 3.63) is 47.8 Å². The van der Waals surface area contributed by atoms with Crippen molar-refractivity contribution in [3.63, 3.8) is 0 Å². The van der Waals surface area contributed by atoms with Crippen LogP contribution < -0.4 is 15.2 Å². The fourth-order valence-corrected chi connectivity index (χ4v) is 3.04. The number of methoxy groups -OCH3 is 2. The van der Waals surface area contributed by atoms with Gasteiger partial charge in [0.15, 0.2) is 0 Å². The second-order valence-electron chi connectivity index (χ2n) is 5.91. The molecule has 0 spiro atoms. The van der Waals surface area contributed by atoms with Crippen LogP contribution in [0.3, 0.4) is 0 Å². The van der Waals surface area contributed by atoms with E-state index in [0.29, 0.717) is 6.54 Å². The summed E-state index contributed by atoms with van der Waals surface area (Å²) < 4.78 is 13.1. The molecule has 2 heterocycles. The van der Waals surface area contributed by atoms with Crippen molar-refractivity contribution in [1.29, 1.82) is 0 Å². The fraction of sp³-hybridized carbons (Fsp3) is 0.316. The molecule has 0 saturated carbocycles. The highest BCUT2D eigenvalue weighted by Gasteiger charge is 2.22. The molecule has 5 heteroatoms. The maximum Gasteiger partial charge on any atom is 0.137 e. The average Bonchev–Trinajstić information content (AvgIpc) is 3.01. The highest BCUT2D eigenvalue weighted by molar-refractivity contribution is 5.74. The van der Waals surface area contributed by atoms with Crippen molar-refractivity contribution in [1.82, 2.24) is 9.38 Å². The number of nitrogens with two attached hydrogens (primary N) is 1. The maximum atomic E-state index is 5.98. The predicted molar refractivity (Wildman–Crippen MR) is 95.9 cm³/mol. The highest BCUT2D eigenvalue weighted by Crippen LogP contribution is 2.38. The van der Waals surface area contributed by atoms with E-state index in [0.717, 1.165) is 39.8 Å². The van der Waals surface area contributed by atoms with Crippen LogP contribution in [-0.2, 0) is 0 Å². The Morgan fingerprint density at radius 1 is 1.17 bits per heavy atom. The zero-order chi connectivity index (χ0) is 17.3. The molecule has 1 aromatic carbocycles. The van der Waals surface area contributed by atoms with E-state index in [1.165, 1.54) is 0 Å². The minimum Gasteiger partial charge on any atom is -0.497 e. The van der Waals surface area contributed by atoms with Crippen molar-refractivity contribution in [2.45, 2.75) is 19.8 Å². The lowest BCUT2D eigenvalue weighted by Crippen LogP contribution is -2.13. The van der Waals surface area contributed by atoms with Crippen molar-refractivity contribution in [2.75, 3.05) is 20.8 Å². The second kappa shape index (κ2) is 6.53. The van der Waals surface area contributed by atoms with Crippen LogP contribution in [0.4, 0.5) is 0 Å². The summed E-state index contributed by atoms with van der Waals surface area (Å²) in [4.78, 5) is 4.87.